The summed E-state index contributed by atoms with van der Waals surface area (Å²) in [5.74, 6) is -0.449. The van der Waals surface area contributed by atoms with Gasteiger partial charge < -0.3 is 14.7 Å². The van der Waals surface area contributed by atoms with E-state index in [2.05, 4.69) is 4.90 Å². The number of rotatable bonds is 4. The predicted molar refractivity (Wildman–Crippen MR) is 86.9 cm³/mol. The molecule has 0 aromatic carbocycles. The molecule has 1 aliphatic carbocycles. The minimum Gasteiger partial charge on any atom is -0.464 e. The molecule has 0 aromatic heterocycles. The number of piperazine rings is 1. The lowest BCUT2D eigenvalue weighted by atomic mass is 9.78. The normalized spacial score (nSPS) is 24.3. The summed E-state index contributed by atoms with van der Waals surface area (Å²) in [6.45, 7) is 7.46. The minimum atomic E-state index is -1.51. The molecule has 1 atom stereocenters. The van der Waals surface area contributed by atoms with Gasteiger partial charge >= 0.3 is 5.97 Å². The number of carbonyl (C=O) groups excluding carboxylic acids is 2. The third kappa shape index (κ3) is 4.04. The highest BCUT2D eigenvalue weighted by Gasteiger charge is 2.45. The maximum Gasteiger partial charge on any atom is 0.339 e. The van der Waals surface area contributed by atoms with Crippen LogP contribution in [-0.2, 0) is 14.3 Å². The van der Waals surface area contributed by atoms with E-state index in [9.17, 15) is 14.7 Å². The molecule has 1 aliphatic heterocycles. The largest absolute Gasteiger partial charge is 0.464 e. The van der Waals surface area contributed by atoms with E-state index in [1.165, 1.54) is 13.3 Å². The van der Waals surface area contributed by atoms with Crippen LogP contribution in [0.5, 0.6) is 0 Å². The molecule has 0 bridgehead atoms. The SMILES string of the molecule is CCOC(=O)[C@@](C)(O)CN1CCN(C(C)=O)C2(CCCCC2)C1. The number of aliphatic hydroxyl groups is 1. The molecule has 2 aliphatic rings. The summed E-state index contributed by atoms with van der Waals surface area (Å²) in [5, 5.41) is 10.4. The van der Waals surface area contributed by atoms with E-state index in [1.54, 1.807) is 13.8 Å². The van der Waals surface area contributed by atoms with E-state index in [4.69, 9.17) is 4.74 Å². The van der Waals surface area contributed by atoms with Gasteiger partial charge in [-0.05, 0) is 26.7 Å². The Balaban J connectivity index is 2.08. The zero-order valence-corrected chi connectivity index (χ0v) is 14.6. The lowest BCUT2D eigenvalue weighted by molar-refractivity contribution is -0.167. The van der Waals surface area contributed by atoms with Crippen molar-refractivity contribution >= 4 is 11.9 Å². The summed E-state index contributed by atoms with van der Waals surface area (Å²) in [6, 6.07) is 0. The zero-order chi connectivity index (χ0) is 17.1. The Morgan fingerprint density at radius 1 is 1.22 bits per heavy atom. The van der Waals surface area contributed by atoms with Crippen LogP contribution in [0.25, 0.3) is 0 Å². The maximum absolute atomic E-state index is 12.0. The second-order valence-corrected chi connectivity index (χ2v) is 7.16. The molecule has 6 nitrogen and oxygen atoms in total. The fourth-order valence-electron chi connectivity index (χ4n) is 4.11. The quantitative estimate of drug-likeness (QED) is 0.785. The molecule has 0 unspecified atom stereocenters. The third-order valence-electron chi connectivity index (χ3n) is 5.14. The number of ether oxygens (including phenoxy) is 1. The van der Waals surface area contributed by atoms with Crippen LogP contribution in [0.3, 0.4) is 0 Å². The van der Waals surface area contributed by atoms with E-state index in [0.29, 0.717) is 13.1 Å². The van der Waals surface area contributed by atoms with E-state index in [1.807, 2.05) is 4.90 Å². The lowest BCUT2D eigenvalue weighted by Gasteiger charge is -2.53. The van der Waals surface area contributed by atoms with Crippen molar-refractivity contribution in [3.63, 3.8) is 0 Å². The summed E-state index contributed by atoms with van der Waals surface area (Å²) in [5.41, 5.74) is -1.64. The second kappa shape index (κ2) is 7.18. The van der Waals surface area contributed by atoms with Gasteiger partial charge in [-0.15, -0.1) is 0 Å². The first kappa shape index (κ1) is 18.2. The van der Waals surface area contributed by atoms with Crippen LogP contribution in [0.1, 0.15) is 52.9 Å². The van der Waals surface area contributed by atoms with Gasteiger partial charge in [0.2, 0.25) is 5.91 Å². The second-order valence-electron chi connectivity index (χ2n) is 7.16. The molecular weight excluding hydrogens is 296 g/mol. The molecule has 2 rings (SSSR count). The minimum absolute atomic E-state index is 0.128. The van der Waals surface area contributed by atoms with E-state index >= 15 is 0 Å². The zero-order valence-electron chi connectivity index (χ0n) is 14.6. The Morgan fingerprint density at radius 3 is 2.43 bits per heavy atom. The number of β-amino-alcohol motifs (C(OH)–C–C–N with tert-alkyl or cyclic N) is 1. The van der Waals surface area contributed by atoms with Gasteiger partial charge in [-0.25, -0.2) is 4.79 Å². The van der Waals surface area contributed by atoms with E-state index in [-0.39, 0.29) is 24.6 Å². The topological polar surface area (TPSA) is 70.1 Å². The fraction of sp³-hybridized carbons (Fsp3) is 0.882. The first-order chi connectivity index (χ1) is 10.8. The molecule has 0 radical (unpaired) electrons. The Morgan fingerprint density at radius 2 is 1.87 bits per heavy atom. The molecule has 132 valence electrons. The van der Waals surface area contributed by atoms with Crippen LogP contribution >= 0.6 is 0 Å². The highest BCUT2D eigenvalue weighted by atomic mass is 16.5. The van der Waals surface area contributed by atoms with Crippen molar-refractivity contribution in [3.05, 3.63) is 0 Å². The summed E-state index contributed by atoms with van der Waals surface area (Å²) in [6.07, 6.45) is 5.49. The lowest BCUT2D eigenvalue weighted by Crippen LogP contribution is -2.66. The molecule has 1 saturated carbocycles. The molecule has 1 spiro atoms. The van der Waals surface area contributed by atoms with Crippen molar-refractivity contribution in [2.75, 3.05) is 32.8 Å². The molecular formula is C17H30N2O4. The Kier molecular flexibility index (Phi) is 5.68. The van der Waals surface area contributed by atoms with E-state index in [0.717, 1.165) is 32.2 Å². The Bertz CT molecular complexity index is 444. The third-order valence-corrected chi connectivity index (χ3v) is 5.14. The number of hydrogen-bond acceptors (Lipinski definition) is 5. The fourth-order valence-corrected chi connectivity index (χ4v) is 4.11. The standard InChI is InChI=1S/C17H30N2O4/c1-4-23-15(21)16(3,22)12-18-10-11-19(14(2)20)17(13-18)8-6-5-7-9-17/h22H,4-13H2,1-3H3/t16-/m0/s1. The average molecular weight is 326 g/mol. The molecule has 1 heterocycles. The molecule has 6 heteroatoms. The molecule has 2 fully saturated rings. The van der Waals surface area contributed by atoms with Crippen molar-refractivity contribution in [2.45, 2.75) is 64.0 Å². The van der Waals surface area contributed by atoms with Gasteiger partial charge in [-0.1, -0.05) is 19.3 Å². The number of nitrogens with zero attached hydrogens (tertiary/aromatic N) is 2. The van der Waals surface area contributed by atoms with Gasteiger partial charge in [0.05, 0.1) is 12.1 Å². The Labute approximate surface area is 138 Å². The molecule has 1 N–H and O–H groups in total. The average Bonchev–Trinajstić information content (AvgIpc) is 2.47. The summed E-state index contributed by atoms with van der Waals surface area (Å²) in [7, 11) is 0. The van der Waals surface area contributed by atoms with Gasteiger partial charge in [-0.2, -0.15) is 0 Å². The van der Waals surface area contributed by atoms with Gasteiger partial charge in [0.25, 0.3) is 0 Å². The van der Waals surface area contributed by atoms with Crippen LogP contribution in [0.2, 0.25) is 0 Å². The molecule has 1 saturated heterocycles. The number of amides is 1. The monoisotopic (exact) mass is 326 g/mol. The van der Waals surface area contributed by atoms with Crippen LogP contribution in [-0.4, -0.2) is 70.7 Å². The van der Waals surface area contributed by atoms with Crippen LogP contribution in [0.15, 0.2) is 0 Å². The van der Waals surface area contributed by atoms with Crippen molar-refractivity contribution < 1.29 is 19.4 Å². The molecule has 0 aromatic rings. The highest BCUT2D eigenvalue weighted by molar-refractivity contribution is 5.79. The first-order valence-electron chi connectivity index (χ1n) is 8.71. The predicted octanol–water partition coefficient (Wildman–Crippen LogP) is 1.17. The number of carbonyl (C=O) groups is 2. The highest BCUT2D eigenvalue weighted by Crippen LogP contribution is 2.37. The van der Waals surface area contributed by atoms with Crippen molar-refractivity contribution in [2.24, 2.45) is 0 Å². The van der Waals surface area contributed by atoms with Gasteiger partial charge in [0.15, 0.2) is 5.60 Å². The smallest absolute Gasteiger partial charge is 0.339 e. The summed E-state index contributed by atoms with van der Waals surface area (Å²) in [4.78, 5) is 28.1. The van der Waals surface area contributed by atoms with Crippen molar-refractivity contribution in [3.8, 4) is 0 Å². The first-order valence-corrected chi connectivity index (χ1v) is 8.71. The van der Waals surface area contributed by atoms with E-state index < -0.39 is 11.6 Å². The van der Waals surface area contributed by atoms with Crippen molar-refractivity contribution in [1.82, 2.24) is 9.80 Å². The van der Waals surface area contributed by atoms with Gasteiger partial charge in [0, 0.05) is 33.1 Å². The maximum atomic E-state index is 12.0. The van der Waals surface area contributed by atoms with Crippen molar-refractivity contribution in [1.29, 1.82) is 0 Å². The van der Waals surface area contributed by atoms with Crippen LogP contribution < -0.4 is 0 Å². The summed E-state index contributed by atoms with van der Waals surface area (Å²) >= 11 is 0. The Hall–Kier alpha value is -1.14. The van der Waals surface area contributed by atoms with Gasteiger partial charge in [0.1, 0.15) is 0 Å². The summed E-state index contributed by atoms with van der Waals surface area (Å²) < 4.78 is 4.96. The van der Waals surface area contributed by atoms with Crippen LogP contribution in [0, 0.1) is 0 Å². The number of hydrogen-bond donors (Lipinski definition) is 1. The molecule has 23 heavy (non-hydrogen) atoms. The number of esters is 1. The van der Waals surface area contributed by atoms with Crippen LogP contribution in [0.4, 0.5) is 0 Å². The van der Waals surface area contributed by atoms with Gasteiger partial charge in [-0.3, -0.25) is 9.69 Å². The molecule has 1 amide bonds.